The molecule has 1 fully saturated rings. The zero-order valence-corrected chi connectivity index (χ0v) is 20.9. The van der Waals surface area contributed by atoms with Gasteiger partial charge in [0, 0.05) is 56.9 Å². The van der Waals surface area contributed by atoms with E-state index in [-0.39, 0.29) is 24.0 Å². The molecule has 0 saturated carbocycles. The standard InChI is InChI=1S/C21H30ClN7.HI/c1-16-7-8-17(22)14-18(16)27-10-12-28(13-11-27)21(23-2)24-15-20-26-25-19-6-4-3-5-9-29(19)20;/h7-8,14H,3-6,9-13,15H2,1-2H3,(H,23,24);1H. The summed E-state index contributed by atoms with van der Waals surface area (Å²) >= 11 is 6.21. The smallest absolute Gasteiger partial charge is 0.194 e. The van der Waals surface area contributed by atoms with E-state index < -0.39 is 0 Å². The molecule has 1 aromatic heterocycles. The number of halogens is 2. The van der Waals surface area contributed by atoms with E-state index in [4.69, 9.17) is 11.6 Å². The van der Waals surface area contributed by atoms with Crippen LogP contribution in [0.3, 0.4) is 0 Å². The number of nitrogens with zero attached hydrogens (tertiary/aromatic N) is 6. The van der Waals surface area contributed by atoms with Crippen LogP contribution in [0.5, 0.6) is 0 Å². The molecule has 164 valence electrons. The van der Waals surface area contributed by atoms with Crippen molar-refractivity contribution in [3.63, 3.8) is 0 Å². The van der Waals surface area contributed by atoms with E-state index in [1.165, 1.54) is 30.5 Å². The van der Waals surface area contributed by atoms with Crippen molar-refractivity contribution >= 4 is 47.2 Å². The maximum Gasteiger partial charge on any atom is 0.194 e. The lowest BCUT2D eigenvalue weighted by molar-refractivity contribution is 0.371. The lowest BCUT2D eigenvalue weighted by Crippen LogP contribution is -2.52. The number of aromatic nitrogens is 3. The molecule has 2 aliphatic rings. The highest BCUT2D eigenvalue weighted by molar-refractivity contribution is 14.0. The molecule has 0 radical (unpaired) electrons. The van der Waals surface area contributed by atoms with Crippen molar-refractivity contribution in [2.24, 2.45) is 4.99 Å². The van der Waals surface area contributed by atoms with Gasteiger partial charge in [-0.3, -0.25) is 4.99 Å². The molecule has 0 unspecified atom stereocenters. The van der Waals surface area contributed by atoms with Crippen LogP contribution in [0.4, 0.5) is 5.69 Å². The Balaban J connectivity index is 0.00000256. The number of hydrogen-bond donors (Lipinski definition) is 1. The summed E-state index contributed by atoms with van der Waals surface area (Å²) in [4.78, 5) is 9.23. The number of benzene rings is 1. The van der Waals surface area contributed by atoms with Crippen LogP contribution < -0.4 is 10.2 Å². The summed E-state index contributed by atoms with van der Waals surface area (Å²) in [5.74, 6) is 3.06. The molecule has 0 aliphatic carbocycles. The van der Waals surface area contributed by atoms with E-state index in [1.807, 2.05) is 13.1 Å². The summed E-state index contributed by atoms with van der Waals surface area (Å²) in [5, 5.41) is 13.1. The molecule has 2 aliphatic heterocycles. The number of nitrogens with one attached hydrogen (secondary N) is 1. The number of anilines is 1. The minimum atomic E-state index is 0. The first kappa shape index (κ1) is 23.1. The summed E-state index contributed by atoms with van der Waals surface area (Å²) in [5.41, 5.74) is 2.49. The quantitative estimate of drug-likeness (QED) is 0.365. The zero-order valence-electron chi connectivity index (χ0n) is 17.8. The SMILES string of the molecule is CN=C(NCc1nnc2n1CCCCC2)N1CCN(c2cc(Cl)ccc2C)CC1.I. The summed E-state index contributed by atoms with van der Waals surface area (Å²) in [6.07, 6.45) is 4.72. The monoisotopic (exact) mass is 543 g/mol. The highest BCUT2D eigenvalue weighted by atomic mass is 127. The summed E-state index contributed by atoms with van der Waals surface area (Å²) in [6.45, 7) is 7.56. The van der Waals surface area contributed by atoms with Crippen LogP contribution in [0, 0.1) is 6.92 Å². The van der Waals surface area contributed by atoms with E-state index in [0.29, 0.717) is 6.54 Å². The van der Waals surface area contributed by atoms with Crippen LogP contribution in [0.15, 0.2) is 23.2 Å². The fourth-order valence-electron chi connectivity index (χ4n) is 4.25. The second-order valence-corrected chi connectivity index (χ2v) is 8.24. The number of aliphatic imine (C=N–C) groups is 1. The Morgan fingerprint density at radius 3 is 2.67 bits per heavy atom. The molecule has 1 N–H and O–H groups in total. The van der Waals surface area contributed by atoms with E-state index in [0.717, 1.165) is 61.8 Å². The van der Waals surface area contributed by atoms with Crippen molar-refractivity contribution in [1.82, 2.24) is 25.0 Å². The van der Waals surface area contributed by atoms with Gasteiger partial charge in [0.25, 0.3) is 0 Å². The van der Waals surface area contributed by atoms with E-state index in [1.54, 1.807) is 0 Å². The van der Waals surface area contributed by atoms with Crippen LogP contribution in [0.25, 0.3) is 0 Å². The molecule has 1 saturated heterocycles. The first-order chi connectivity index (χ1) is 14.2. The van der Waals surface area contributed by atoms with Gasteiger partial charge in [0.15, 0.2) is 11.8 Å². The highest BCUT2D eigenvalue weighted by Gasteiger charge is 2.22. The number of aryl methyl sites for hydroxylation is 2. The normalized spacial score (nSPS) is 17.2. The van der Waals surface area contributed by atoms with Gasteiger partial charge in [-0.2, -0.15) is 0 Å². The van der Waals surface area contributed by atoms with Gasteiger partial charge in [-0.1, -0.05) is 24.1 Å². The van der Waals surface area contributed by atoms with Crippen molar-refractivity contribution in [1.29, 1.82) is 0 Å². The van der Waals surface area contributed by atoms with Gasteiger partial charge >= 0.3 is 0 Å². The largest absolute Gasteiger partial charge is 0.368 e. The van der Waals surface area contributed by atoms with Crippen LogP contribution >= 0.6 is 35.6 Å². The van der Waals surface area contributed by atoms with Gasteiger partial charge in [0.05, 0.1) is 6.54 Å². The third kappa shape index (κ3) is 5.19. The average Bonchev–Trinajstić information content (AvgIpc) is 2.97. The van der Waals surface area contributed by atoms with Crippen molar-refractivity contribution in [3.8, 4) is 0 Å². The third-order valence-corrected chi connectivity index (χ3v) is 6.13. The molecule has 1 aromatic carbocycles. The Bertz CT molecular complexity index is 874. The van der Waals surface area contributed by atoms with Gasteiger partial charge in [-0.25, -0.2) is 0 Å². The third-order valence-electron chi connectivity index (χ3n) is 5.89. The number of guanidine groups is 1. The number of rotatable bonds is 3. The van der Waals surface area contributed by atoms with Crippen LogP contribution in [-0.4, -0.2) is 58.9 Å². The average molecular weight is 544 g/mol. The minimum absolute atomic E-state index is 0. The lowest BCUT2D eigenvalue weighted by Gasteiger charge is -2.38. The molecule has 4 rings (SSSR count). The first-order valence-corrected chi connectivity index (χ1v) is 10.9. The van der Waals surface area contributed by atoms with Crippen molar-refractivity contribution in [2.45, 2.75) is 45.7 Å². The molecule has 2 aromatic rings. The van der Waals surface area contributed by atoms with E-state index in [2.05, 4.69) is 53.9 Å². The Labute approximate surface area is 200 Å². The highest BCUT2D eigenvalue weighted by Crippen LogP contribution is 2.25. The summed E-state index contributed by atoms with van der Waals surface area (Å²) in [7, 11) is 1.85. The Kier molecular flexibility index (Phi) is 8.21. The van der Waals surface area contributed by atoms with Gasteiger partial charge in [-0.15, -0.1) is 34.2 Å². The summed E-state index contributed by atoms with van der Waals surface area (Å²) < 4.78 is 2.28. The molecule has 7 nitrogen and oxygen atoms in total. The molecule has 0 spiro atoms. The maximum absolute atomic E-state index is 6.21. The molecular weight excluding hydrogens is 513 g/mol. The lowest BCUT2D eigenvalue weighted by atomic mass is 10.1. The fraction of sp³-hybridized carbons (Fsp3) is 0.571. The van der Waals surface area contributed by atoms with Gasteiger partial charge in [0.1, 0.15) is 5.82 Å². The van der Waals surface area contributed by atoms with Gasteiger partial charge in [-0.05, 0) is 37.5 Å². The van der Waals surface area contributed by atoms with Crippen LogP contribution in [-0.2, 0) is 19.5 Å². The predicted molar refractivity (Wildman–Crippen MR) is 133 cm³/mol. The Hall–Kier alpha value is -1.55. The Morgan fingerprint density at radius 2 is 1.90 bits per heavy atom. The molecule has 0 amide bonds. The minimum Gasteiger partial charge on any atom is -0.368 e. The summed E-state index contributed by atoms with van der Waals surface area (Å²) in [6, 6.07) is 6.11. The second-order valence-electron chi connectivity index (χ2n) is 7.80. The van der Waals surface area contributed by atoms with Crippen molar-refractivity contribution < 1.29 is 0 Å². The van der Waals surface area contributed by atoms with Crippen molar-refractivity contribution in [2.75, 3.05) is 38.1 Å². The predicted octanol–water partition coefficient (Wildman–Crippen LogP) is 3.48. The molecule has 0 atom stereocenters. The topological polar surface area (TPSA) is 61.6 Å². The fourth-order valence-corrected chi connectivity index (χ4v) is 4.42. The van der Waals surface area contributed by atoms with E-state index in [9.17, 15) is 0 Å². The van der Waals surface area contributed by atoms with Gasteiger partial charge < -0.3 is 19.7 Å². The molecule has 9 heteroatoms. The number of piperazine rings is 1. The van der Waals surface area contributed by atoms with Gasteiger partial charge in [0.2, 0.25) is 0 Å². The molecule has 0 bridgehead atoms. The Morgan fingerprint density at radius 1 is 1.10 bits per heavy atom. The van der Waals surface area contributed by atoms with Crippen molar-refractivity contribution in [3.05, 3.63) is 40.4 Å². The number of fused-ring (bicyclic) bond motifs is 1. The first-order valence-electron chi connectivity index (χ1n) is 10.5. The molecule has 3 heterocycles. The number of hydrogen-bond acceptors (Lipinski definition) is 4. The molecular formula is C21H31ClIN7. The van der Waals surface area contributed by atoms with Crippen LogP contribution in [0.1, 0.15) is 36.5 Å². The van der Waals surface area contributed by atoms with E-state index >= 15 is 0 Å². The second kappa shape index (κ2) is 10.7. The molecule has 30 heavy (non-hydrogen) atoms. The van der Waals surface area contributed by atoms with Crippen LogP contribution in [0.2, 0.25) is 5.02 Å². The zero-order chi connectivity index (χ0) is 20.2. The maximum atomic E-state index is 6.21.